The maximum absolute atomic E-state index is 13.1. The number of carbonyl (C=O) groups excluding carboxylic acids is 4. The molecule has 0 rings (SSSR count). The molecule has 0 aliphatic carbocycles. The highest BCUT2D eigenvalue weighted by Gasteiger charge is 2.30. The van der Waals surface area contributed by atoms with E-state index in [1.165, 1.54) is 109 Å². The van der Waals surface area contributed by atoms with E-state index in [-0.39, 0.29) is 25.7 Å². The lowest BCUT2D eigenvalue weighted by molar-refractivity contribution is -0.161. The molecule has 0 fully saturated rings. The summed E-state index contributed by atoms with van der Waals surface area (Å²) in [6.07, 6.45) is 83.6. The van der Waals surface area contributed by atoms with Gasteiger partial charge >= 0.3 is 39.5 Å². The highest BCUT2D eigenvalue weighted by atomic mass is 31.2. The number of hydrogen-bond donors (Lipinski definition) is 3. The minimum Gasteiger partial charge on any atom is -0.462 e. The van der Waals surface area contributed by atoms with Gasteiger partial charge in [-0.05, 0) is 148 Å². The summed E-state index contributed by atoms with van der Waals surface area (Å²) >= 11 is 0. The number of rotatable bonds is 77. The average molecular weight is 1500 g/mol. The van der Waals surface area contributed by atoms with E-state index in [0.717, 1.165) is 154 Å². The second-order valence-electron chi connectivity index (χ2n) is 27.3. The van der Waals surface area contributed by atoms with Crippen LogP contribution in [0.2, 0.25) is 0 Å². The number of esters is 4. The number of phosphoric ester groups is 2. The van der Waals surface area contributed by atoms with Gasteiger partial charge in [0.1, 0.15) is 19.3 Å². The molecule has 0 aromatic rings. The number of phosphoric acid groups is 2. The Bertz CT molecular complexity index is 2390. The van der Waals surface area contributed by atoms with Gasteiger partial charge in [0.2, 0.25) is 0 Å². The van der Waals surface area contributed by atoms with Crippen LogP contribution in [0.5, 0.6) is 0 Å². The molecule has 0 spiro atoms. The van der Waals surface area contributed by atoms with E-state index in [4.69, 9.17) is 37.0 Å². The van der Waals surface area contributed by atoms with Crippen LogP contribution in [0, 0.1) is 0 Å². The van der Waals surface area contributed by atoms with Gasteiger partial charge in [-0.25, -0.2) is 9.13 Å². The molecule has 0 aromatic carbocycles. The Hall–Kier alpha value is -4.28. The maximum Gasteiger partial charge on any atom is 0.472 e. The van der Waals surface area contributed by atoms with Crippen molar-refractivity contribution in [2.75, 3.05) is 39.6 Å². The first-order valence-corrected chi connectivity index (χ1v) is 44.1. The minimum absolute atomic E-state index is 0.0299. The van der Waals surface area contributed by atoms with Gasteiger partial charge in [0.05, 0.1) is 26.4 Å². The molecule has 17 nitrogen and oxygen atoms in total. The van der Waals surface area contributed by atoms with Crippen LogP contribution < -0.4 is 0 Å². The molecule has 0 saturated heterocycles. The number of ether oxygens (including phenoxy) is 4. The van der Waals surface area contributed by atoms with Crippen molar-refractivity contribution in [3.63, 3.8) is 0 Å². The van der Waals surface area contributed by atoms with Crippen LogP contribution in [0.25, 0.3) is 0 Å². The Kier molecular flexibility index (Phi) is 73.7. The molecule has 0 bridgehead atoms. The van der Waals surface area contributed by atoms with Crippen molar-refractivity contribution in [1.29, 1.82) is 0 Å². The molecule has 0 radical (unpaired) electrons. The number of allylic oxidation sites excluding steroid dienone is 18. The normalized spacial score (nSPS) is 14.4. The smallest absolute Gasteiger partial charge is 0.462 e. The van der Waals surface area contributed by atoms with Gasteiger partial charge in [0.25, 0.3) is 0 Å². The molecule has 104 heavy (non-hydrogen) atoms. The van der Waals surface area contributed by atoms with Gasteiger partial charge < -0.3 is 33.8 Å². The molecule has 5 atom stereocenters. The summed E-state index contributed by atoms with van der Waals surface area (Å²) in [7, 11) is -9.99. The first-order valence-electron chi connectivity index (χ1n) is 41.1. The lowest BCUT2D eigenvalue weighted by Gasteiger charge is -2.21. The van der Waals surface area contributed by atoms with Gasteiger partial charge in [-0.15, -0.1) is 0 Å². The van der Waals surface area contributed by atoms with Crippen LogP contribution in [0.15, 0.2) is 109 Å². The summed E-state index contributed by atoms with van der Waals surface area (Å²) < 4.78 is 68.6. The zero-order valence-corrected chi connectivity index (χ0v) is 67.5. The first-order chi connectivity index (χ1) is 50.7. The standard InChI is InChI=1S/C85H148O17P2/c1-5-9-13-17-21-25-29-33-37-38-39-40-44-48-52-56-60-64-68-72-85(90)102-81(76-96-83(88)70-66-62-58-54-50-46-42-35-31-27-23-19-15-11-7-3)78-100-104(93,94)98-74-79(86)73-97-103(91,92)99-77-80(101-84(89)71-67-63-59-55-51-47-43-36-32-28-24-20-16-12-8-4)75-95-82(87)69-65-61-57-53-49-45-41-34-30-26-22-18-14-10-6-2/h21-22,25-27,31,33-34,36-37,39-41,43,48,52,60,64,79-81,86H,5-20,23-24,28-30,32,35,38,42,44-47,49-51,53-59,61-63,65-78H2,1-4H3,(H,91,92)(H,93,94)/b25-21-,26-22-,31-27-,37-33-,40-39-,41-34-,43-36-,52-48-,64-60-/t79-,80-,81-/m1/s1. The van der Waals surface area contributed by atoms with E-state index in [9.17, 15) is 43.2 Å². The van der Waals surface area contributed by atoms with E-state index < -0.39 is 97.5 Å². The number of hydrogen-bond acceptors (Lipinski definition) is 15. The fourth-order valence-electron chi connectivity index (χ4n) is 10.9. The predicted octanol–water partition coefficient (Wildman–Crippen LogP) is 24.1. The Morgan fingerprint density at radius 1 is 0.269 bits per heavy atom. The van der Waals surface area contributed by atoms with E-state index in [2.05, 4.69) is 119 Å². The fourth-order valence-corrected chi connectivity index (χ4v) is 12.4. The molecular weight excluding hydrogens is 1350 g/mol. The molecular formula is C85H148O17P2. The average Bonchev–Trinajstić information content (AvgIpc) is 0.943. The monoisotopic (exact) mass is 1500 g/mol. The van der Waals surface area contributed by atoms with Crippen molar-refractivity contribution in [2.24, 2.45) is 0 Å². The molecule has 600 valence electrons. The zero-order valence-electron chi connectivity index (χ0n) is 65.7. The fraction of sp³-hybridized carbons (Fsp3) is 0.741. The molecule has 2 unspecified atom stereocenters. The third-order valence-electron chi connectivity index (χ3n) is 17.2. The SMILES string of the molecule is CCCCC/C=C\C/C=C\C/C=C\C/C=C\C/C=C\CCC(=O)O[C@H](COC(=O)CCCCCCCCC/C=C\CCCCCC)COP(=O)(O)OC[C@H](O)COP(=O)(O)OC[C@@H](COC(=O)CCCCCCC/C=C\C/C=C\CCCCC)OC(=O)CCCCCCC/C=C\CCCCCCCC. The second-order valence-corrected chi connectivity index (χ2v) is 30.3. The summed E-state index contributed by atoms with van der Waals surface area (Å²) in [5, 5.41) is 10.6. The third kappa shape index (κ3) is 75.9. The van der Waals surface area contributed by atoms with Crippen molar-refractivity contribution in [2.45, 2.75) is 367 Å². The van der Waals surface area contributed by atoms with E-state index in [0.29, 0.717) is 32.1 Å². The van der Waals surface area contributed by atoms with Crippen LogP contribution in [-0.2, 0) is 65.4 Å². The van der Waals surface area contributed by atoms with Crippen molar-refractivity contribution in [3.8, 4) is 0 Å². The van der Waals surface area contributed by atoms with Crippen molar-refractivity contribution < 1.29 is 80.2 Å². The van der Waals surface area contributed by atoms with Crippen molar-refractivity contribution >= 4 is 39.5 Å². The first kappa shape index (κ1) is 99.7. The van der Waals surface area contributed by atoms with Gasteiger partial charge in [-0.2, -0.15) is 0 Å². The Balaban J connectivity index is 5.44. The third-order valence-corrected chi connectivity index (χ3v) is 19.1. The highest BCUT2D eigenvalue weighted by molar-refractivity contribution is 7.47. The van der Waals surface area contributed by atoms with Gasteiger partial charge in [0, 0.05) is 25.7 Å². The summed E-state index contributed by atoms with van der Waals surface area (Å²) in [6, 6.07) is 0. The van der Waals surface area contributed by atoms with Gasteiger partial charge in [0.15, 0.2) is 12.2 Å². The van der Waals surface area contributed by atoms with E-state index in [1.807, 2.05) is 18.2 Å². The summed E-state index contributed by atoms with van der Waals surface area (Å²) in [4.78, 5) is 73.0. The number of aliphatic hydroxyl groups excluding tert-OH is 1. The van der Waals surface area contributed by atoms with Gasteiger partial charge in [-0.3, -0.25) is 37.3 Å². The van der Waals surface area contributed by atoms with Gasteiger partial charge in [-0.1, -0.05) is 285 Å². The van der Waals surface area contributed by atoms with E-state index >= 15 is 0 Å². The molecule has 0 aliphatic rings. The molecule has 3 N–H and O–H groups in total. The highest BCUT2D eigenvalue weighted by Crippen LogP contribution is 2.45. The van der Waals surface area contributed by atoms with Crippen molar-refractivity contribution in [1.82, 2.24) is 0 Å². The van der Waals surface area contributed by atoms with Crippen LogP contribution in [-0.4, -0.2) is 96.7 Å². The molecule has 0 saturated carbocycles. The number of aliphatic hydroxyl groups is 1. The van der Waals surface area contributed by atoms with E-state index in [1.54, 1.807) is 0 Å². The van der Waals surface area contributed by atoms with Crippen LogP contribution in [0.1, 0.15) is 349 Å². The lowest BCUT2D eigenvalue weighted by atomic mass is 10.1. The zero-order chi connectivity index (χ0) is 76.0. The molecule has 0 heterocycles. The Labute approximate surface area is 632 Å². The Morgan fingerprint density at radius 2 is 0.490 bits per heavy atom. The predicted molar refractivity (Wildman–Crippen MR) is 427 cm³/mol. The largest absolute Gasteiger partial charge is 0.472 e. The number of carbonyl (C=O) groups is 4. The molecule has 19 heteroatoms. The molecule has 0 aromatic heterocycles. The minimum atomic E-state index is -5.00. The molecule has 0 amide bonds. The van der Waals surface area contributed by atoms with Crippen LogP contribution >= 0.6 is 15.6 Å². The quantitative estimate of drug-likeness (QED) is 0.0169. The van der Waals surface area contributed by atoms with Crippen molar-refractivity contribution in [3.05, 3.63) is 109 Å². The van der Waals surface area contributed by atoms with Crippen LogP contribution in [0.3, 0.4) is 0 Å². The molecule has 0 aliphatic heterocycles. The topological polar surface area (TPSA) is 237 Å². The van der Waals surface area contributed by atoms with Crippen LogP contribution in [0.4, 0.5) is 0 Å². The maximum atomic E-state index is 13.1. The lowest BCUT2D eigenvalue weighted by Crippen LogP contribution is -2.30. The number of unbranched alkanes of at least 4 members (excludes halogenated alkanes) is 33. The summed E-state index contributed by atoms with van der Waals surface area (Å²) in [5.74, 6) is -2.29. The summed E-state index contributed by atoms with van der Waals surface area (Å²) in [5.41, 5.74) is 0. The summed E-state index contributed by atoms with van der Waals surface area (Å²) in [6.45, 7) is 4.73. The Morgan fingerprint density at radius 3 is 0.817 bits per heavy atom. The second kappa shape index (κ2) is 76.9.